The third-order valence-electron chi connectivity index (χ3n) is 4.87. The first-order valence-electron chi connectivity index (χ1n) is 7.92. The summed E-state index contributed by atoms with van der Waals surface area (Å²) in [4.78, 5) is 0. The van der Waals surface area contributed by atoms with Gasteiger partial charge in [0.25, 0.3) is 0 Å². The molecule has 0 atom stereocenters. The van der Waals surface area contributed by atoms with Crippen LogP contribution in [0.5, 0.6) is 0 Å². The Balaban J connectivity index is 1.68. The molecule has 2 fully saturated rings. The molecule has 2 rings (SSSR count). The molecule has 2 aliphatic carbocycles. The number of ether oxygens (including phenoxy) is 1. The molecule has 0 N–H and O–H groups in total. The van der Waals surface area contributed by atoms with E-state index in [2.05, 4.69) is 6.92 Å². The van der Waals surface area contributed by atoms with Crippen LogP contribution < -0.4 is 0 Å². The van der Waals surface area contributed by atoms with Gasteiger partial charge in [-0.05, 0) is 50.4 Å². The molecular formula is C16H29ClO. The van der Waals surface area contributed by atoms with Gasteiger partial charge in [0.05, 0.1) is 6.61 Å². The van der Waals surface area contributed by atoms with Gasteiger partial charge in [-0.25, -0.2) is 0 Å². The van der Waals surface area contributed by atoms with E-state index in [9.17, 15) is 0 Å². The molecule has 0 unspecified atom stereocenters. The van der Waals surface area contributed by atoms with Crippen LogP contribution >= 0.6 is 11.6 Å². The normalized spacial score (nSPS) is 32.7. The van der Waals surface area contributed by atoms with Crippen LogP contribution in [0.15, 0.2) is 0 Å². The molecule has 0 heterocycles. The molecule has 106 valence electrons. The van der Waals surface area contributed by atoms with Crippen LogP contribution in [0.1, 0.15) is 64.7 Å². The minimum absolute atomic E-state index is 0.305. The predicted molar refractivity (Wildman–Crippen MR) is 78.2 cm³/mol. The summed E-state index contributed by atoms with van der Waals surface area (Å²) >= 11 is 6.24. The van der Waals surface area contributed by atoms with Crippen molar-refractivity contribution in [2.24, 2.45) is 17.3 Å². The van der Waals surface area contributed by atoms with E-state index in [1.807, 2.05) is 0 Å². The number of rotatable bonds is 8. The van der Waals surface area contributed by atoms with Crippen LogP contribution in [-0.2, 0) is 4.74 Å². The molecule has 2 aliphatic rings. The Morgan fingerprint density at radius 3 is 2.39 bits per heavy atom. The Kier molecular flexibility index (Phi) is 5.82. The average Bonchev–Trinajstić information content (AvgIpc) is 3.22. The molecule has 2 heteroatoms. The van der Waals surface area contributed by atoms with Crippen LogP contribution in [-0.4, -0.2) is 19.1 Å². The standard InChI is InChI=1S/C16H29ClO/c1-2-3-4-14-7-9-16(12-17,10-8-14)13-18-11-15-5-6-15/h14-15H,2-13H2,1H3. The Bertz CT molecular complexity index is 229. The lowest BCUT2D eigenvalue weighted by atomic mass is 9.71. The fourth-order valence-corrected chi connectivity index (χ4v) is 3.46. The molecule has 2 saturated carbocycles. The Morgan fingerprint density at radius 1 is 1.11 bits per heavy atom. The second-order valence-electron chi connectivity index (χ2n) is 6.68. The molecule has 0 saturated heterocycles. The van der Waals surface area contributed by atoms with Gasteiger partial charge in [0.1, 0.15) is 0 Å². The van der Waals surface area contributed by atoms with Crippen molar-refractivity contribution in [3.05, 3.63) is 0 Å². The number of hydrogen-bond acceptors (Lipinski definition) is 1. The van der Waals surface area contributed by atoms with E-state index in [1.54, 1.807) is 0 Å². The van der Waals surface area contributed by atoms with E-state index >= 15 is 0 Å². The van der Waals surface area contributed by atoms with Crippen LogP contribution in [0.25, 0.3) is 0 Å². The molecule has 0 amide bonds. The Hall–Kier alpha value is 0.250. The molecule has 0 aromatic rings. The summed E-state index contributed by atoms with van der Waals surface area (Å²) in [7, 11) is 0. The molecule has 0 aromatic heterocycles. The summed E-state index contributed by atoms with van der Waals surface area (Å²) in [6.07, 6.45) is 12.3. The van der Waals surface area contributed by atoms with Gasteiger partial charge >= 0.3 is 0 Å². The third kappa shape index (κ3) is 4.42. The maximum absolute atomic E-state index is 6.24. The van der Waals surface area contributed by atoms with Crippen molar-refractivity contribution in [3.63, 3.8) is 0 Å². The van der Waals surface area contributed by atoms with Gasteiger partial charge in [-0.3, -0.25) is 0 Å². The number of unbranched alkanes of at least 4 members (excludes halogenated alkanes) is 1. The Morgan fingerprint density at radius 2 is 1.83 bits per heavy atom. The summed E-state index contributed by atoms with van der Waals surface area (Å²) in [6.45, 7) is 4.18. The predicted octanol–water partition coefficient (Wildman–Crippen LogP) is 5.02. The smallest absolute Gasteiger partial charge is 0.0533 e. The van der Waals surface area contributed by atoms with Crippen molar-refractivity contribution in [2.45, 2.75) is 64.7 Å². The highest BCUT2D eigenvalue weighted by Crippen LogP contribution is 2.42. The highest BCUT2D eigenvalue weighted by molar-refractivity contribution is 6.18. The van der Waals surface area contributed by atoms with E-state index in [-0.39, 0.29) is 0 Å². The zero-order valence-electron chi connectivity index (χ0n) is 11.9. The molecule has 1 nitrogen and oxygen atoms in total. The van der Waals surface area contributed by atoms with Crippen LogP contribution in [0.3, 0.4) is 0 Å². The van der Waals surface area contributed by atoms with Gasteiger partial charge in [0, 0.05) is 17.9 Å². The van der Waals surface area contributed by atoms with Gasteiger partial charge in [0.15, 0.2) is 0 Å². The van der Waals surface area contributed by atoms with Gasteiger partial charge in [0.2, 0.25) is 0 Å². The first-order chi connectivity index (χ1) is 8.78. The third-order valence-corrected chi connectivity index (χ3v) is 5.44. The van der Waals surface area contributed by atoms with E-state index in [0.29, 0.717) is 5.41 Å². The van der Waals surface area contributed by atoms with Gasteiger partial charge in [-0.15, -0.1) is 11.6 Å². The molecule has 18 heavy (non-hydrogen) atoms. The maximum atomic E-state index is 6.24. The number of hydrogen-bond donors (Lipinski definition) is 0. The van der Waals surface area contributed by atoms with E-state index < -0.39 is 0 Å². The molecule has 0 spiro atoms. The first kappa shape index (κ1) is 14.7. The van der Waals surface area contributed by atoms with Crippen molar-refractivity contribution in [2.75, 3.05) is 19.1 Å². The zero-order valence-corrected chi connectivity index (χ0v) is 12.7. The van der Waals surface area contributed by atoms with Crippen molar-refractivity contribution in [1.82, 2.24) is 0 Å². The van der Waals surface area contributed by atoms with Crippen LogP contribution in [0.2, 0.25) is 0 Å². The monoisotopic (exact) mass is 272 g/mol. The minimum Gasteiger partial charge on any atom is -0.381 e. The quantitative estimate of drug-likeness (QED) is 0.564. The second kappa shape index (κ2) is 7.14. The molecule has 0 aliphatic heterocycles. The summed E-state index contributed by atoms with van der Waals surface area (Å²) in [6, 6.07) is 0. The largest absolute Gasteiger partial charge is 0.381 e. The fraction of sp³-hybridized carbons (Fsp3) is 1.00. The topological polar surface area (TPSA) is 9.23 Å². The minimum atomic E-state index is 0.305. The van der Waals surface area contributed by atoms with Gasteiger partial charge in [-0.1, -0.05) is 26.2 Å². The lowest BCUT2D eigenvalue weighted by Crippen LogP contribution is -2.34. The molecule has 0 aromatic carbocycles. The number of halogens is 1. The van der Waals surface area contributed by atoms with Crippen LogP contribution in [0, 0.1) is 17.3 Å². The highest BCUT2D eigenvalue weighted by atomic mass is 35.5. The van der Waals surface area contributed by atoms with E-state index in [1.165, 1.54) is 57.8 Å². The summed E-state index contributed by atoms with van der Waals surface area (Å²) in [5.41, 5.74) is 0.305. The van der Waals surface area contributed by atoms with Crippen molar-refractivity contribution >= 4 is 11.6 Å². The van der Waals surface area contributed by atoms with Crippen molar-refractivity contribution in [3.8, 4) is 0 Å². The van der Waals surface area contributed by atoms with Crippen molar-refractivity contribution in [1.29, 1.82) is 0 Å². The molecule has 0 bridgehead atoms. The van der Waals surface area contributed by atoms with E-state index in [0.717, 1.165) is 30.9 Å². The van der Waals surface area contributed by atoms with Gasteiger partial charge in [-0.2, -0.15) is 0 Å². The van der Waals surface area contributed by atoms with Crippen LogP contribution in [0.4, 0.5) is 0 Å². The SMILES string of the molecule is CCCCC1CCC(CCl)(COCC2CC2)CC1. The zero-order chi connectivity index (χ0) is 12.8. The van der Waals surface area contributed by atoms with E-state index in [4.69, 9.17) is 16.3 Å². The average molecular weight is 273 g/mol. The summed E-state index contributed by atoms with van der Waals surface area (Å²) < 4.78 is 5.92. The summed E-state index contributed by atoms with van der Waals surface area (Å²) in [5.74, 6) is 2.63. The molecule has 0 radical (unpaired) electrons. The highest BCUT2D eigenvalue weighted by Gasteiger charge is 2.35. The van der Waals surface area contributed by atoms with Gasteiger partial charge < -0.3 is 4.74 Å². The maximum Gasteiger partial charge on any atom is 0.0533 e. The van der Waals surface area contributed by atoms with Crippen molar-refractivity contribution < 1.29 is 4.74 Å². The Labute approximate surface area is 118 Å². The first-order valence-corrected chi connectivity index (χ1v) is 8.45. The fourth-order valence-electron chi connectivity index (χ4n) is 3.11. The lowest BCUT2D eigenvalue weighted by Gasteiger charge is -2.38. The molecular weight excluding hydrogens is 244 g/mol. The lowest BCUT2D eigenvalue weighted by molar-refractivity contribution is 0.0184. The summed E-state index contributed by atoms with van der Waals surface area (Å²) in [5, 5.41) is 0. The second-order valence-corrected chi connectivity index (χ2v) is 6.95. The number of alkyl halides is 1.